The molecule has 0 bridgehead atoms. The lowest BCUT2D eigenvalue weighted by atomic mass is 9.98. The molecule has 0 aliphatic heterocycles. The summed E-state index contributed by atoms with van der Waals surface area (Å²) in [7, 11) is 0. The summed E-state index contributed by atoms with van der Waals surface area (Å²) in [6.45, 7) is 2.73. The first kappa shape index (κ1) is 16.0. The van der Waals surface area contributed by atoms with Crippen LogP contribution in [0.25, 0.3) is 0 Å². The third-order valence-electron chi connectivity index (χ3n) is 2.90. The second kappa shape index (κ2) is 7.03. The molecule has 20 heavy (non-hydrogen) atoms. The smallest absolute Gasteiger partial charge is 0.129 e. The van der Waals surface area contributed by atoms with E-state index in [1.807, 2.05) is 25.1 Å². The van der Waals surface area contributed by atoms with Crippen LogP contribution >= 0.6 is 43.5 Å². The molecular weight excluding hydrogens is 408 g/mol. The van der Waals surface area contributed by atoms with Crippen molar-refractivity contribution in [3.63, 3.8) is 0 Å². The van der Waals surface area contributed by atoms with Crippen LogP contribution in [0, 0.1) is 5.82 Å². The number of rotatable bonds is 4. The number of hydrogen-bond donors (Lipinski definition) is 1. The number of benzene rings is 2. The first-order chi connectivity index (χ1) is 9.51. The van der Waals surface area contributed by atoms with E-state index in [-0.39, 0.29) is 11.9 Å². The zero-order valence-corrected chi connectivity index (χ0v) is 14.7. The summed E-state index contributed by atoms with van der Waals surface area (Å²) < 4.78 is 16.1. The van der Waals surface area contributed by atoms with Gasteiger partial charge in [-0.15, -0.1) is 0 Å². The molecule has 0 fully saturated rings. The van der Waals surface area contributed by atoms with Gasteiger partial charge in [0.15, 0.2) is 0 Å². The molecule has 2 aromatic carbocycles. The molecule has 0 aliphatic carbocycles. The van der Waals surface area contributed by atoms with Crippen LogP contribution in [-0.4, -0.2) is 6.54 Å². The Morgan fingerprint density at radius 2 is 1.80 bits per heavy atom. The standard InChI is InChI=1S/C15H13Br2ClFN/c1-2-20-15(9-5-10(16)7-11(17)6-9)13-4-3-12(18)8-14(13)19/h3-8,15,20H,2H2,1H3. The average Bonchev–Trinajstić information content (AvgIpc) is 2.35. The molecule has 0 spiro atoms. The maximum atomic E-state index is 14.2. The van der Waals surface area contributed by atoms with Crippen LogP contribution in [0.3, 0.4) is 0 Å². The highest BCUT2D eigenvalue weighted by molar-refractivity contribution is 9.11. The molecule has 0 aromatic heterocycles. The minimum atomic E-state index is -0.306. The fraction of sp³-hybridized carbons (Fsp3) is 0.200. The Morgan fingerprint density at radius 3 is 2.35 bits per heavy atom. The topological polar surface area (TPSA) is 12.0 Å². The Bertz CT molecular complexity index is 599. The number of hydrogen-bond acceptors (Lipinski definition) is 1. The van der Waals surface area contributed by atoms with E-state index in [1.54, 1.807) is 12.1 Å². The van der Waals surface area contributed by atoms with Crippen molar-refractivity contribution >= 4 is 43.5 Å². The van der Waals surface area contributed by atoms with Gasteiger partial charge < -0.3 is 5.32 Å². The highest BCUT2D eigenvalue weighted by atomic mass is 79.9. The summed E-state index contributed by atoms with van der Waals surface area (Å²) in [5.41, 5.74) is 1.57. The van der Waals surface area contributed by atoms with Gasteiger partial charge in [0.05, 0.1) is 6.04 Å². The zero-order valence-electron chi connectivity index (χ0n) is 10.8. The molecular formula is C15H13Br2ClFN. The van der Waals surface area contributed by atoms with E-state index in [0.29, 0.717) is 10.6 Å². The summed E-state index contributed by atoms with van der Waals surface area (Å²) in [6.07, 6.45) is 0. The number of nitrogens with one attached hydrogen (secondary N) is 1. The molecule has 0 saturated heterocycles. The van der Waals surface area contributed by atoms with Crippen LogP contribution in [0.4, 0.5) is 4.39 Å². The fourth-order valence-electron chi connectivity index (χ4n) is 2.09. The molecule has 0 amide bonds. The molecule has 1 N–H and O–H groups in total. The molecule has 0 aliphatic rings. The molecule has 2 aromatic rings. The predicted molar refractivity (Wildman–Crippen MR) is 88.8 cm³/mol. The molecule has 1 unspecified atom stereocenters. The van der Waals surface area contributed by atoms with Crippen molar-refractivity contribution in [2.45, 2.75) is 13.0 Å². The lowest BCUT2D eigenvalue weighted by Gasteiger charge is -2.20. The maximum absolute atomic E-state index is 14.2. The van der Waals surface area contributed by atoms with E-state index >= 15 is 0 Å². The summed E-state index contributed by atoms with van der Waals surface area (Å²) in [6, 6.07) is 10.5. The van der Waals surface area contributed by atoms with Crippen LogP contribution < -0.4 is 5.32 Å². The first-order valence-corrected chi connectivity index (χ1v) is 8.12. The van der Waals surface area contributed by atoms with Crippen molar-refractivity contribution in [1.82, 2.24) is 5.32 Å². The van der Waals surface area contributed by atoms with Crippen LogP contribution in [0.5, 0.6) is 0 Å². The van der Waals surface area contributed by atoms with Gasteiger partial charge in [0.2, 0.25) is 0 Å². The second-order valence-electron chi connectivity index (χ2n) is 4.36. The highest BCUT2D eigenvalue weighted by Crippen LogP contribution is 2.30. The first-order valence-electron chi connectivity index (χ1n) is 6.15. The lowest BCUT2D eigenvalue weighted by Crippen LogP contribution is -2.23. The molecule has 106 valence electrons. The van der Waals surface area contributed by atoms with Crippen molar-refractivity contribution in [2.24, 2.45) is 0 Å². The third-order valence-corrected chi connectivity index (χ3v) is 4.05. The summed E-state index contributed by atoms with van der Waals surface area (Å²) >= 11 is 12.7. The van der Waals surface area contributed by atoms with Crippen LogP contribution in [0.15, 0.2) is 45.3 Å². The fourth-order valence-corrected chi connectivity index (χ4v) is 3.58. The van der Waals surface area contributed by atoms with Gasteiger partial charge in [-0.25, -0.2) is 4.39 Å². The van der Waals surface area contributed by atoms with Crippen molar-refractivity contribution in [3.05, 3.63) is 67.3 Å². The zero-order chi connectivity index (χ0) is 14.7. The number of halogens is 4. The van der Waals surface area contributed by atoms with E-state index < -0.39 is 0 Å². The van der Waals surface area contributed by atoms with E-state index in [0.717, 1.165) is 21.1 Å². The molecule has 0 saturated carbocycles. The van der Waals surface area contributed by atoms with Crippen molar-refractivity contribution < 1.29 is 4.39 Å². The summed E-state index contributed by atoms with van der Waals surface area (Å²) in [5, 5.41) is 3.71. The Morgan fingerprint density at radius 1 is 1.15 bits per heavy atom. The van der Waals surface area contributed by atoms with Crippen LogP contribution in [0.1, 0.15) is 24.1 Å². The van der Waals surface area contributed by atoms with Gasteiger partial charge in [-0.2, -0.15) is 0 Å². The van der Waals surface area contributed by atoms with Gasteiger partial charge in [0.1, 0.15) is 5.82 Å². The Hall–Kier alpha value is -0.420. The molecule has 5 heteroatoms. The van der Waals surface area contributed by atoms with Gasteiger partial charge in [0.25, 0.3) is 0 Å². The molecule has 1 atom stereocenters. The van der Waals surface area contributed by atoms with E-state index in [4.69, 9.17) is 11.6 Å². The van der Waals surface area contributed by atoms with Crippen molar-refractivity contribution in [3.8, 4) is 0 Å². The largest absolute Gasteiger partial charge is 0.306 e. The monoisotopic (exact) mass is 419 g/mol. The van der Waals surface area contributed by atoms with Gasteiger partial charge >= 0.3 is 0 Å². The van der Waals surface area contributed by atoms with Gasteiger partial charge in [-0.3, -0.25) is 0 Å². The van der Waals surface area contributed by atoms with E-state index in [2.05, 4.69) is 37.2 Å². The quantitative estimate of drug-likeness (QED) is 0.667. The van der Waals surface area contributed by atoms with Gasteiger partial charge in [-0.1, -0.05) is 56.5 Å². The Kier molecular flexibility index (Phi) is 5.61. The molecule has 1 nitrogen and oxygen atoms in total. The van der Waals surface area contributed by atoms with Crippen molar-refractivity contribution in [2.75, 3.05) is 6.54 Å². The van der Waals surface area contributed by atoms with Gasteiger partial charge in [0, 0.05) is 19.5 Å². The minimum absolute atomic E-state index is 0.217. The lowest BCUT2D eigenvalue weighted by molar-refractivity contribution is 0.559. The highest BCUT2D eigenvalue weighted by Gasteiger charge is 2.18. The second-order valence-corrected chi connectivity index (χ2v) is 6.63. The van der Waals surface area contributed by atoms with Crippen LogP contribution in [0.2, 0.25) is 5.02 Å². The molecule has 0 heterocycles. The SMILES string of the molecule is CCNC(c1cc(Br)cc(Br)c1)c1ccc(Cl)cc1F. The molecule has 2 rings (SSSR count). The summed E-state index contributed by atoms with van der Waals surface area (Å²) in [5.74, 6) is -0.306. The minimum Gasteiger partial charge on any atom is -0.306 e. The predicted octanol–water partition coefficient (Wildman–Crippen LogP) is 5.70. The third kappa shape index (κ3) is 3.82. The van der Waals surface area contributed by atoms with Crippen molar-refractivity contribution in [1.29, 1.82) is 0 Å². The van der Waals surface area contributed by atoms with Gasteiger partial charge in [-0.05, 0) is 42.4 Å². The van der Waals surface area contributed by atoms with E-state index in [1.165, 1.54) is 6.07 Å². The maximum Gasteiger partial charge on any atom is 0.129 e. The van der Waals surface area contributed by atoms with E-state index in [9.17, 15) is 4.39 Å². The Labute approximate surface area is 139 Å². The summed E-state index contributed by atoms with van der Waals surface area (Å²) in [4.78, 5) is 0. The van der Waals surface area contributed by atoms with Crippen LogP contribution in [-0.2, 0) is 0 Å². The Balaban J connectivity index is 2.49. The normalized spacial score (nSPS) is 12.4. The molecule has 0 radical (unpaired) electrons. The average molecular weight is 422 g/mol.